The van der Waals surface area contributed by atoms with E-state index >= 15 is 0 Å². The minimum absolute atomic E-state index is 0.190. The number of hydrogen-bond donors (Lipinski definition) is 1. The first-order chi connectivity index (χ1) is 15.0. The summed E-state index contributed by atoms with van der Waals surface area (Å²) in [6, 6.07) is 17.0. The summed E-state index contributed by atoms with van der Waals surface area (Å²) in [5.74, 6) is 0.112. The van der Waals surface area contributed by atoms with Gasteiger partial charge in [-0.2, -0.15) is 5.10 Å². The van der Waals surface area contributed by atoms with Crippen LogP contribution in [-0.2, 0) is 16.1 Å². The van der Waals surface area contributed by atoms with Crippen LogP contribution in [-0.4, -0.2) is 35.9 Å². The van der Waals surface area contributed by atoms with Crippen LogP contribution >= 0.6 is 0 Å². The maximum Gasteiger partial charge on any atom is 0.337 e. The van der Waals surface area contributed by atoms with Crippen molar-refractivity contribution >= 4 is 17.6 Å². The molecule has 0 saturated carbocycles. The van der Waals surface area contributed by atoms with Gasteiger partial charge in [-0.1, -0.05) is 0 Å². The van der Waals surface area contributed by atoms with Crippen LogP contribution in [0.3, 0.4) is 0 Å². The summed E-state index contributed by atoms with van der Waals surface area (Å²) in [4.78, 5) is 35.8. The molecule has 0 radical (unpaired) electrons. The lowest BCUT2D eigenvalue weighted by molar-refractivity contribution is -0.116. The Balaban J connectivity index is 1.56. The van der Waals surface area contributed by atoms with Crippen LogP contribution in [0.4, 0.5) is 5.69 Å². The fraction of sp³-hybridized carbons (Fsp3) is 0.217. The highest BCUT2D eigenvalue weighted by Crippen LogP contribution is 2.19. The van der Waals surface area contributed by atoms with Crippen molar-refractivity contribution in [3.63, 3.8) is 0 Å². The first kappa shape index (κ1) is 21.8. The molecule has 0 atom stereocenters. The van der Waals surface area contributed by atoms with Crippen LogP contribution < -0.4 is 15.6 Å². The molecule has 160 valence electrons. The van der Waals surface area contributed by atoms with Crippen molar-refractivity contribution in [1.82, 2.24) is 9.78 Å². The molecule has 0 bridgehead atoms. The molecule has 31 heavy (non-hydrogen) atoms. The number of nitrogens with one attached hydrogen (secondary N) is 1. The maximum absolute atomic E-state index is 12.2. The fourth-order valence-electron chi connectivity index (χ4n) is 2.95. The topological polar surface area (TPSA) is 99.5 Å². The Labute approximate surface area is 179 Å². The lowest BCUT2D eigenvalue weighted by Crippen LogP contribution is -2.23. The van der Waals surface area contributed by atoms with Crippen molar-refractivity contribution in [1.29, 1.82) is 0 Å². The number of aryl methyl sites for hydroxylation is 1. The van der Waals surface area contributed by atoms with Crippen LogP contribution in [0.2, 0.25) is 0 Å². The second kappa shape index (κ2) is 10.2. The number of methoxy groups -OCH3 is 2. The highest BCUT2D eigenvalue weighted by atomic mass is 16.5. The van der Waals surface area contributed by atoms with Crippen molar-refractivity contribution in [2.45, 2.75) is 19.4 Å². The molecule has 0 aliphatic heterocycles. The number of carbonyl (C=O) groups is 2. The van der Waals surface area contributed by atoms with Gasteiger partial charge in [0.05, 0.1) is 25.5 Å². The minimum atomic E-state index is -0.437. The summed E-state index contributed by atoms with van der Waals surface area (Å²) < 4.78 is 11.2. The van der Waals surface area contributed by atoms with Gasteiger partial charge in [0, 0.05) is 30.3 Å². The van der Waals surface area contributed by atoms with E-state index in [1.165, 1.54) is 17.9 Å². The van der Waals surface area contributed by atoms with Crippen molar-refractivity contribution in [3.8, 4) is 17.0 Å². The predicted octanol–water partition coefficient (Wildman–Crippen LogP) is 3.12. The zero-order valence-corrected chi connectivity index (χ0v) is 17.3. The lowest BCUT2D eigenvalue weighted by atomic mass is 10.1. The van der Waals surface area contributed by atoms with Crippen LogP contribution in [0.5, 0.6) is 5.75 Å². The molecule has 1 heterocycles. The predicted molar refractivity (Wildman–Crippen MR) is 116 cm³/mol. The molecule has 8 heteroatoms. The Morgan fingerprint density at radius 1 is 0.968 bits per heavy atom. The van der Waals surface area contributed by atoms with Crippen molar-refractivity contribution < 1.29 is 19.1 Å². The molecule has 1 N–H and O–H groups in total. The molecular formula is C23H23N3O5. The molecule has 0 spiro atoms. The van der Waals surface area contributed by atoms with E-state index < -0.39 is 5.97 Å². The van der Waals surface area contributed by atoms with Crippen molar-refractivity contribution in [2.75, 3.05) is 19.5 Å². The maximum atomic E-state index is 12.2. The highest BCUT2D eigenvalue weighted by Gasteiger charge is 2.08. The normalized spacial score (nSPS) is 10.4. The Morgan fingerprint density at radius 2 is 1.68 bits per heavy atom. The monoisotopic (exact) mass is 421 g/mol. The van der Waals surface area contributed by atoms with E-state index in [9.17, 15) is 14.4 Å². The molecule has 8 nitrogen and oxygen atoms in total. The van der Waals surface area contributed by atoms with E-state index in [-0.39, 0.29) is 17.9 Å². The molecule has 0 aliphatic carbocycles. The molecule has 0 fully saturated rings. The summed E-state index contributed by atoms with van der Waals surface area (Å²) in [6.45, 7) is 0.317. The zero-order valence-electron chi connectivity index (χ0n) is 17.3. The standard InChI is InChI=1S/C23H23N3O5/c1-30-19-11-7-16(8-12-19)20-13-14-22(28)26(25-20)15-3-4-21(27)24-18-9-5-17(6-10-18)23(29)31-2/h5-14H,3-4,15H2,1-2H3,(H,24,27). The number of benzene rings is 2. The number of ether oxygens (including phenoxy) is 2. The molecule has 0 aliphatic rings. The molecule has 1 amide bonds. The van der Waals surface area contributed by atoms with Crippen LogP contribution in [0.1, 0.15) is 23.2 Å². The summed E-state index contributed by atoms with van der Waals surface area (Å²) in [5, 5.41) is 7.17. The molecule has 0 saturated heterocycles. The number of anilines is 1. The third kappa shape index (κ3) is 5.79. The molecule has 0 unspecified atom stereocenters. The van der Waals surface area contributed by atoms with E-state index in [1.54, 1.807) is 37.4 Å². The number of aromatic nitrogens is 2. The smallest absolute Gasteiger partial charge is 0.337 e. The highest BCUT2D eigenvalue weighted by molar-refractivity contribution is 5.93. The number of hydrogen-bond acceptors (Lipinski definition) is 6. The van der Waals surface area contributed by atoms with Gasteiger partial charge in [0.15, 0.2) is 0 Å². The van der Waals surface area contributed by atoms with Crippen molar-refractivity contribution in [2.24, 2.45) is 0 Å². The van der Waals surface area contributed by atoms with Gasteiger partial charge in [-0.3, -0.25) is 9.59 Å². The van der Waals surface area contributed by atoms with Gasteiger partial charge in [0.25, 0.3) is 5.56 Å². The summed E-state index contributed by atoms with van der Waals surface area (Å²) in [7, 11) is 2.91. The number of rotatable bonds is 8. The Hall–Kier alpha value is -3.94. The zero-order chi connectivity index (χ0) is 22.2. The Bertz CT molecular complexity index is 1110. The molecule has 3 aromatic rings. The summed E-state index contributed by atoms with van der Waals surface area (Å²) in [5.41, 5.74) is 2.29. The SMILES string of the molecule is COC(=O)c1ccc(NC(=O)CCCn2nc(-c3ccc(OC)cc3)ccc2=O)cc1. The van der Waals surface area contributed by atoms with E-state index in [4.69, 9.17) is 4.74 Å². The molecule has 2 aromatic carbocycles. The third-order valence-corrected chi connectivity index (χ3v) is 4.62. The minimum Gasteiger partial charge on any atom is -0.497 e. The second-order valence-corrected chi connectivity index (χ2v) is 6.73. The third-order valence-electron chi connectivity index (χ3n) is 4.62. The van der Waals surface area contributed by atoms with Gasteiger partial charge in [0.1, 0.15) is 5.75 Å². The largest absolute Gasteiger partial charge is 0.497 e. The van der Waals surface area contributed by atoms with E-state index in [0.717, 1.165) is 11.3 Å². The Kier molecular flexibility index (Phi) is 7.16. The molecule has 1 aromatic heterocycles. The average Bonchev–Trinajstić information content (AvgIpc) is 2.80. The van der Waals surface area contributed by atoms with Crippen LogP contribution in [0, 0.1) is 0 Å². The van der Waals surface area contributed by atoms with E-state index in [1.807, 2.05) is 24.3 Å². The van der Waals surface area contributed by atoms with Gasteiger partial charge in [-0.15, -0.1) is 0 Å². The number of esters is 1. The first-order valence-electron chi connectivity index (χ1n) is 9.71. The van der Waals surface area contributed by atoms with Gasteiger partial charge in [-0.05, 0) is 61.0 Å². The fourth-order valence-corrected chi connectivity index (χ4v) is 2.95. The van der Waals surface area contributed by atoms with E-state index in [0.29, 0.717) is 29.9 Å². The lowest BCUT2D eigenvalue weighted by Gasteiger charge is -2.09. The molecule has 3 rings (SSSR count). The van der Waals surface area contributed by atoms with Crippen LogP contribution in [0.15, 0.2) is 65.5 Å². The summed E-state index contributed by atoms with van der Waals surface area (Å²) in [6.07, 6.45) is 0.671. The second-order valence-electron chi connectivity index (χ2n) is 6.73. The van der Waals surface area contributed by atoms with Gasteiger partial charge in [-0.25, -0.2) is 9.48 Å². The van der Waals surface area contributed by atoms with Crippen LogP contribution in [0.25, 0.3) is 11.3 Å². The Morgan fingerprint density at radius 3 is 2.32 bits per heavy atom. The quantitative estimate of drug-likeness (QED) is 0.561. The number of amides is 1. The number of nitrogens with zero attached hydrogens (tertiary/aromatic N) is 2. The first-order valence-corrected chi connectivity index (χ1v) is 9.71. The van der Waals surface area contributed by atoms with Gasteiger partial charge in [0.2, 0.25) is 5.91 Å². The summed E-state index contributed by atoms with van der Waals surface area (Å²) >= 11 is 0. The van der Waals surface area contributed by atoms with Gasteiger partial charge >= 0.3 is 5.97 Å². The van der Waals surface area contributed by atoms with E-state index in [2.05, 4.69) is 15.2 Å². The van der Waals surface area contributed by atoms with Gasteiger partial charge < -0.3 is 14.8 Å². The number of carbonyl (C=O) groups excluding carboxylic acids is 2. The average molecular weight is 421 g/mol. The van der Waals surface area contributed by atoms with Crippen molar-refractivity contribution in [3.05, 3.63) is 76.6 Å². The molecular weight excluding hydrogens is 398 g/mol.